The van der Waals surface area contributed by atoms with E-state index in [1.807, 2.05) is 29.2 Å². The second kappa shape index (κ2) is 16.5. The number of halogens is 2. The van der Waals surface area contributed by atoms with Crippen LogP contribution in [0.5, 0.6) is 5.75 Å². The molecule has 0 aromatic heterocycles. The van der Waals surface area contributed by atoms with E-state index in [1.54, 1.807) is 12.1 Å². The second-order valence-corrected chi connectivity index (χ2v) is 16.0. The van der Waals surface area contributed by atoms with Gasteiger partial charge in [0, 0.05) is 82.0 Å². The van der Waals surface area contributed by atoms with Crippen LogP contribution in [0.4, 0.5) is 15.3 Å². The number of quaternary nitrogens is 1. The number of anilines is 1. The third-order valence-electron chi connectivity index (χ3n) is 11.7. The van der Waals surface area contributed by atoms with Crippen LogP contribution >= 0.6 is 31.9 Å². The summed E-state index contributed by atoms with van der Waals surface area (Å²) < 4.78 is 0.482. The Morgan fingerprint density at radius 1 is 1.04 bits per heavy atom. The van der Waals surface area contributed by atoms with Gasteiger partial charge in [-0.15, -0.1) is 0 Å². The average Bonchev–Trinajstić information content (AvgIpc) is 3.30. The highest BCUT2D eigenvalue weighted by atomic mass is 79.9. The number of nitrogens with one attached hydrogen (secondary N) is 2. The minimum absolute atomic E-state index is 0.0200. The Labute approximate surface area is 320 Å². The summed E-state index contributed by atoms with van der Waals surface area (Å²) >= 11 is 6.84. The van der Waals surface area contributed by atoms with Gasteiger partial charge in [-0.1, -0.05) is 18.2 Å². The average molecular weight is 851 g/mol. The largest absolute Gasteiger partial charge is 0.515 e. The summed E-state index contributed by atoms with van der Waals surface area (Å²) in [6.45, 7) is 5.16. The number of aromatic hydroxyl groups is 1. The van der Waals surface area contributed by atoms with E-state index in [0.717, 1.165) is 43.5 Å². The number of piperazine rings is 1. The number of amides is 4. The van der Waals surface area contributed by atoms with E-state index in [2.05, 4.69) is 57.4 Å². The molecule has 3 saturated heterocycles. The molecule has 52 heavy (non-hydrogen) atoms. The zero-order chi connectivity index (χ0) is 37.0. The molecule has 2 unspecified atom stereocenters. The van der Waals surface area contributed by atoms with Crippen LogP contribution in [-0.4, -0.2) is 142 Å². The van der Waals surface area contributed by atoms with Crippen LogP contribution in [0.25, 0.3) is 0 Å². The number of nitrogens with zero attached hydrogens (tertiary/aromatic N) is 5. The van der Waals surface area contributed by atoms with E-state index < -0.39 is 16.2 Å². The van der Waals surface area contributed by atoms with Crippen molar-refractivity contribution in [1.29, 1.82) is 0 Å². The van der Waals surface area contributed by atoms with E-state index in [1.165, 1.54) is 7.11 Å². The molecular weight excluding hydrogens is 802 g/mol. The fourth-order valence-electron chi connectivity index (χ4n) is 9.04. The van der Waals surface area contributed by atoms with Gasteiger partial charge in [-0.05, 0) is 74.9 Å². The first-order valence-corrected chi connectivity index (χ1v) is 19.5. The van der Waals surface area contributed by atoms with Gasteiger partial charge in [-0.3, -0.25) is 19.4 Å². The number of rotatable bonds is 10. The third kappa shape index (κ3) is 7.74. The van der Waals surface area contributed by atoms with E-state index in [0.29, 0.717) is 72.5 Å². The lowest BCUT2D eigenvalue weighted by Crippen LogP contribution is -2.79. The molecule has 0 saturated carbocycles. The number of phenolic OH excluding ortho intramolecular Hbond substituents is 1. The third-order valence-corrected chi connectivity index (χ3v) is 12.9. The minimum Gasteiger partial charge on any atom is -0.506 e. The molecule has 14 nitrogen and oxygen atoms in total. The first-order valence-electron chi connectivity index (χ1n) is 17.9. The monoisotopic (exact) mass is 848 g/mol. The lowest BCUT2D eigenvalue weighted by molar-refractivity contribution is -0.942. The summed E-state index contributed by atoms with van der Waals surface area (Å²) in [5, 5.41) is 24.9. The number of carboxylic acid groups (broad SMARTS) is 1. The lowest BCUT2D eigenvalue weighted by Gasteiger charge is -2.59. The van der Waals surface area contributed by atoms with Gasteiger partial charge < -0.3 is 25.2 Å². The predicted octanol–water partition coefficient (Wildman–Crippen LogP) is 4.21. The van der Waals surface area contributed by atoms with E-state index in [4.69, 9.17) is 4.84 Å². The molecule has 0 radical (unpaired) electrons. The number of hydroxylamine groups is 1. The van der Waals surface area contributed by atoms with E-state index in [9.17, 15) is 29.4 Å². The summed E-state index contributed by atoms with van der Waals surface area (Å²) in [4.78, 5) is 65.9. The number of hydrogen-bond acceptors (Lipinski definition) is 9. The summed E-state index contributed by atoms with van der Waals surface area (Å²) in [6, 6.07) is 11.1. The number of carbonyl (C=O) groups excluding carboxylic acids is 3. The molecule has 282 valence electrons. The molecular formula is C36H48Br2N7O7+. The molecule has 16 heteroatoms. The molecule has 0 spiro atoms. The van der Waals surface area contributed by atoms with Crippen molar-refractivity contribution in [3.63, 3.8) is 0 Å². The molecule has 0 aliphatic carbocycles. The van der Waals surface area contributed by atoms with Gasteiger partial charge in [0.15, 0.2) is 5.66 Å². The standard InChI is InChI=1S/C36H47Br2N7O7/c1-52-40-32(47)23-41-11-7-27(8-12-41)42-14-16-43(17-15-42)36(10-19-46)22-28(44-13-6-26-4-2-3-5-31(26)39-34(44)49)9-18-45(36,35(50)51)24-25-20-29(37)33(48)30(38)21-25/h2-5,19-21,27-28H,6-18,22-24H2,1H3,(H3-,39,40,47,48,49,50,51)/p+1/t28?,36?,45-/m0/s1. The first kappa shape index (κ1) is 38.6. The molecule has 4 N–H and O–H groups in total. The maximum Gasteiger partial charge on any atom is 0.515 e. The van der Waals surface area contributed by atoms with Gasteiger partial charge >= 0.3 is 12.1 Å². The molecule has 4 aliphatic heterocycles. The Hall–Kier alpha value is -3.12. The number of para-hydroxylation sites is 1. The molecule has 4 heterocycles. The summed E-state index contributed by atoms with van der Waals surface area (Å²) in [7, 11) is 1.42. The molecule has 3 atom stereocenters. The maximum absolute atomic E-state index is 13.9. The second-order valence-electron chi connectivity index (χ2n) is 14.3. The SMILES string of the molecule is CONC(=O)CN1CCC(N2CCN(C3(CC=O)CC(N4CCc5ccccc5NC4=O)CC[N@+]3(Cc3cc(Br)c(O)c(Br)c3)C(=O)O)CC2)CC1. The summed E-state index contributed by atoms with van der Waals surface area (Å²) in [5.41, 5.74) is 3.75. The number of likely N-dealkylation sites (tertiary alicyclic amines) is 2. The first-order chi connectivity index (χ1) is 25.0. The number of hydrogen-bond donors (Lipinski definition) is 4. The zero-order valence-corrected chi connectivity index (χ0v) is 32.6. The van der Waals surface area contributed by atoms with Gasteiger partial charge in [0.1, 0.15) is 18.6 Å². The van der Waals surface area contributed by atoms with Gasteiger partial charge in [-0.25, -0.2) is 19.7 Å². The number of benzene rings is 2. The Kier molecular flexibility index (Phi) is 12.2. The molecule has 3 fully saturated rings. The maximum atomic E-state index is 13.9. The molecule has 6 rings (SSSR count). The predicted molar refractivity (Wildman–Crippen MR) is 200 cm³/mol. The van der Waals surface area contributed by atoms with Crippen LogP contribution in [-0.2, 0) is 27.4 Å². The Bertz CT molecular complexity index is 1630. The van der Waals surface area contributed by atoms with Crippen molar-refractivity contribution in [2.45, 2.75) is 62.8 Å². The summed E-state index contributed by atoms with van der Waals surface area (Å²) in [5.74, 6) is -0.146. The van der Waals surface area contributed by atoms with Crippen molar-refractivity contribution in [3.05, 3.63) is 56.5 Å². The van der Waals surface area contributed by atoms with Gasteiger partial charge in [0.2, 0.25) is 0 Å². The topological polar surface area (TPSA) is 155 Å². The van der Waals surface area contributed by atoms with E-state index in [-0.39, 0.29) is 49.8 Å². The number of phenols is 1. The number of urea groups is 1. The van der Waals surface area contributed by atoms with Crippen LogP contribution < -0.4 is 10.8 Å². The molecule has 0 bridgehead atoms. The van der Waals surface area contributed by atoms with Gasteiger partial charge in [-0.2, -0.15) is 4.79 Å². The van der Waals surface area contributed by atoms with E-state index >= 15 is 0 Å². The highest BCUT2D eigenvalue weighted by Gasteiger charge is 2.64. The Morgan fingerprint density at radius 3 is 2.38 bits per heavy atom. The van der Waals surface area contributed by atoms with Crippen molar-refractivity contribution in [3.8, 4) is 5.75 Å². The van der Waals surface area contributed by atoms with Gasteiger partial charge in [0.05, 0.1) is 35.6 Å². The van der Waals surface area contributed by atoms with Crippen LogP contribution in [0.1, 0.15) is 43.2 Å². The minimum atomic E-state index is -1.16. The van der Waals surface area contributed by atoms with Crippen LogP contribution in [0.2, 0.25) is 0 Å². The van der Waals surface area contributed by atoms with Crippen molar-refractivity contribution in [2.75, 3.05) is 71.3 Å². The van der Waals surface area contributed by atoms with Crippen molar-refractivity contribution in [1.82, 2.24) is 25.1 Å². The van der Waals surface area contributed by atoms with Crippen molar-refractivity contribution >= 4 is 61.9 Å². The molecule has 4 aliphatic rings. The van der Waals surface area contributed by atoms with Crippen LogP contribution in [0.15, 0.2) is 45.3 Å². The Morgan fingerprint density at radius 2 is 1.73 bits per heavy atom. The fourth-order valence-corrected chi connectivity index (χ4v) is 10.3. The summed E-state index contributed by atoms with van der Waals surface area (Å²) in [6.07, 6.45) is 3.04. The van der Waals surface area contributed by atoms with Gasteiger partial charge in [0.25, 0.3) is 5.91 Å². The molecule has 2 aromatic rings. The lowest BCUT2D eigenvalue weighted by atomic mass is 9.82. The Balaban J connectivity index is 1.28. The van der Waals surface area contributed by atoms with Crippen LogP contribution in [0.3, 0.4) is 0 Å². The fraction of sp³-hybridized carbons (Fsp3) is 0.556. The van der Waals surface area contributed by atoms with Crippen LogP contribution in [0, 0.1) is 0 Å². The number of aldehydes is 1. The highest BCUT2D eigenvalue weighted by molar-refractivity contribution is 9.11. The quantitative estimate of drug-likeness (QED) is 0.155. The number of piperidine rings is 2. The number of carbonyl (C=O) groups is 4. The molecule has 4 amide bonds. The highest BCUT2D eigenvalue weighted by Crippen LogP contribution is 2.46. The van der Waals surface area contributed by atoms with Crippen molar-refractivity contribution < 1.29 is 38.7 Å². The van der Waals surface area contributed by atoms with Crippen molar-refractivity contribution in [2.24, 2.45) is 0 Å². The smallest absolute Gasteiger partial charge is 0.506 e. The normalized spacial score (nSPS) is 26.6. The number of fused-ring (bicyclic) bond motifs is 1. The molecule has 2 aromatic carbocycles. The zero-order valence-electron chi connectivity index (χ0n) is 29.4.